The molecule has 0 aliphatic heterocycles. The van der Waals surface area contributed by atoms with Crippen LogP contribution >= 0.6 is 0 Å². The number of ether oxygens (including phenoxy) is 1. The third kappa shape index (κ3) is 2.72. The molecular formula is C19H20N2O2. The Hall–Kier alpha value is -2.62. The fourth-order valence-corrected chi connectivity index (χ4v) is 2.79. The fourth-order valence-electron chi connectivity index (χ4n) is 2.79. The molecular weight excluding hydrogens is 288 g/mol. The van der Waals surface area contributed by atoms with E-state index in [4.69, 9.17) is 4.74 Å². The van der Waals surface area contributed by atoms with Crippen molar-refractivity contribution in [1.82, 2.24) is 9.55 Å². The van der Waals surface area contributed by atoms with Gasteiger partial charge in [0.15, 0.2) is 0 Å². The van der Waals surface area contributed by atoms with Gasteiger partial charge in [-0.15, -0.1) is 0 Å². The van der Waals surface area contributed by atoms with Crippen LogP contribution in [0.25, 0.3) is 22.2 Å². The molecule has 0 saturated heterocycles. The molecule has 3 rings (SSSR count). The third-order valence-corrected chi connectivity index (χ3v) is 3.97. The Labute approximate surface area is 135 Å². The Morgan fingerprint density at radius 1 is 1.09 bits per heavy atom. The van der Waals surface area contributed by atoms with Gasteiger partial charge in [-0.25, -0.2) is 4.79 Å². The average molecular weight is 308 g/mol. The molecule has 0 unspecified atom stereocenters. The number of nitrogens with zero attached hydrogens (tertiary/aromatic N) is 2. The molecule has 0 amide bonds. The highest BCUT2D eigenvalue weighted by Gasteiger charge is 2.14. The number of aryl methyl sites for hydroxylation is 1. The number of fused-ring (bicyclic) bond motifs is 1. The lowest BCUT2D eigenvalue weighted by Gasteiger charge is -2.16. The monoisotopic (exact) mass is 308 g/mol. The van der Waals surface area contributed by atoms with E-state index in [0.29, 0.717) is 5.69 Å². The minimum Gasteiger partial charge on any atom is -0.497 e. The zero-order valence-electron chi connectivity index (χ0n) is 13.8. The summed E-state index contributed by atoms with van der Waals surface area (Å²) in [4.78, 5) is 16.9. The fraction of sp³-hybridized carbons (Fsp3) is 0.263. The molecule has 23 heavy (non-hydrogen) atoms. The van der Waals surface area contributed by atoms with Gasteiger partial charge >= 0.3 is 5.69 Å². The van der Waals surface area contributed by atoms with Crippen LogP contribution in [0.3, 0.4) is 0 Å². The van der Waals surface area contributed by atoms with Gasteiger partial charge in [0.2, 0.25) is 0 Å². The van der Waals surface area contributed by atoms with Crippen molar-refractivity contribution >= 4 is 10.9 Å². The Bertz CT molecular complexity index is 909. The van der Waals surface area contributed by atoms with E-state index in [9.17, 15) is 4.79 Å². The van der Waals surface area contributed by atoms with Crippen LogP contribution in [-0.4, -0.2) is 16.7 Å². The SMILES string of the molecule is COc1ccc2c(c1)c(-c1ccc(C)cc1)nc(=O)n2C(C)C. The van der Waals surface area contributed by atoms with Gasteiger partial charge in [0.1, 0.15) is 5.75 Å². The quantitative estimate of drug-likeness (QED) is 0.735. The number of benzene rings is 2. The zero-order valence-corrected chi connectivity index (χ0v) is 13.8. The first-order valence-electron chi connectivity index (χ1n) is 7.68. The average Bonchev–Trinajstić information content (AvgIpc) is 2.54. The minimum absolute atomic E-state index is 0.0398. The summed E-state index contributed by atoms with van der Waals surface area (Å²) in [5.41, 5.74) is 3.44. The summed E-state index contributed by atoms with van der Waals surface area (Å²) in [6.45, 7) is 6.01. The summed E-state index contributed by atoms with van der Waals surface area (Å²) in [5.74, 6) is 0.751. The predicted octanol–water partition coefficient (Wildman–Crippen LogP) is 3.96. The van der Waals surface area contributed by atoms with Crippen molar-refractivity contribution in [1.29, 1.82) is 0 Å². The number of methoxy groups -OCH3 is 1. The van der Waals surface area contributed by atoms with E-state index in [1.807, 2.05) is 63.2 Å². The predicted molar refractivity (Wildman–Crippen MR) is 93.1 cm³/mol. The molecule has 0 spiro atoms. The van der Waals surface area contributed by atoms with Gasteiger partial charge in [0.05, 0.1) is 18.3 Å². The lowest BCUT2D eigenvalue weighted by atomic mass is 10.0. The Morgan fingerprint density at radius 3 is 2.39 bits per heavy atom. The maximum atomic E-state index is 12.5. The highest BCUT2D eigenvalue weighted by Crippen LogP contribution is 2.29. The van der Waals surface area contributed by atoms with Crippen LogP contribution in [0, 0.1) is 6.92 Å². The lowest BCUT2D eigenvalue weighted by Crippen LogP contribution is -2.25. The molecule has 0 bridgehead atoms. The van der Waals surface area contributed by atoms with Gasteiger partial charge in [0.25, 0.3) is 0 Å². The maximum Gasteiger partial charge on any atom is 0.348 e. The van der Waals surface area contributed by atoms with Crippen LogP contribution in [0.1, 0.15) is 25.5 Å². The summed E-state index contributed by atoms with van der Waals surface area (Å²) >= 11 is 0. The molecule has 0 radical (unpaired) electrons. The van der Waals surface area contributed by atoms with Crippen LogP contribution in [0.4, 0.5) is 0 Å². The van der Waals surface area contributed by atoms with E-state index in [2.05, 4.69) is 4.98 Å². The van der Waals surface area contributed by atoms with Gasteiger partial charge in [-0.05, 0) is 39.0 Å². The molecule has 0 fully saturated rings. The van der Waals surface area contributed by atoms with E-state index < -0.39 is 0 Å². The van der Waals surface area contributed by atoms with Gasteiger partial charge in [0, 0.05) is 17.0 Å². The topological polar surface area (TPSA) is 44.1 Å². The molecule has 3 aromatic rings. The minimum atomic E-state index is -0.228. The second kappa shape index (κ2) is 5.88. The Morgan fingerprint density at radius 2 is 1.78 bits per heavy atom. The largest absolute Gasteiger partial charge is 0.497 e. The molecule has 0 aliphatic carbocycles. The van der Waals surface area contributed by atoms with E-state index >= 15 is 0 Å². The highest BCUT2D eigenvalue weighted by atomic mass is 16.5. The van der Waals surface area contributed by atoms with Crippen molar-refractivity contribution in [2.45, 2.75) is 26.8 Å². The molecule has 0 saturated carbocycles. The molecule has 2 aromatic carbocycles. The molecule has 1 aromatic heterocycles. The van der Waals surface area contributed by atoms with Crippen LogP contribution in [-0.2, 0) is 0 Å². The highest BCUT2D eigenvalue weighted by molar-refractivity contribution is 5.93. The molecule has 0 aliphatic rings. The van der Waals surface area contributed by atoms with E-state index in [1.165, 1.54) is 5.56 Å². The molecule has 0 N–H and O–H groups in total. The number of aromatic nitrogens is 2. The molecule has 4 heteroatoms. The van der Waals surface area contributed by atoms with Crippen LogP contribution in [0.2, 0.25) is 0 Å². The number of hydrogen-bond acceptors (Lipinski definition) is 3. The van der Waals surface area contributed by atoms with Crippen molar-refractivity contribution in [2.24, 2.45) is 0 Å². The van der Waals surface area contributed by atoms with Crippen LogP contribution < -0.4 is 10.4 Å². The van der Waals surface area contributed by atoms with Gasteiger partial charge in [-0.1, -0.05) is 29.8 Å². The van der Waals surface area contributed by atoms with E-state index in [0.717, 1.165) is 22.2 Å². The zero-order chi connectivity index (χ0) is 16.6. The molecule has 4 nitrogen and oxygen atoms in total. The van der Waals surface area contributed by atoms with E-state index in [-0.39, 0.29) is 11.7 Å². The van der Waals surface area contributed by atoms with Crippen LogP contribution in [0.15, 0.2) is 47.3 Å². The standard InChI is InChI=1S/C19H20N2O2/c1-12(2)21-17-10-9-15(23-4)11-16(17)18(20-19(21)22)14-7-5-13(3)6-8-14/h5-12H,1-4H3. The first-order valence-corrected chi connectivity index (χ1v) is 7.68. The van der Waals surface area contributed by atoms with Gasteiger partial charge < -0.3 is 4.74 Å². The Kier molecular flexibility index (Phi) is 3.90. The van der Waals surface area contributed by atoms with Crippen molar-refractivity contribution in [3.05, 3.63) is 58.5 Å². The summed E-state index contributed by atoms with van der Waals surface area (Å²) in [6.07, 6.45) is 0. The van der Waals surface area contributed by atoms with Crippen molar-refractivity contribution in [3.8, 4) is 17.0 Å². The lowest BCUT2D eigenvalue weighted by molar-refractivity contribution is 0.415. The molecule has 118 valence electrons. The summed E-state index contributed by atoms with van der Waals surface area (Å²) < 4.78 is 7.06. The van der Waals surface area contributed by atoms with E-state index in [1.54, 1.807) is 11.7 Å². The van der Waals surface area contributed by atoms with Gasteiger partial charge in [-0.3, -0.25) is 4.57 Å². The first kappa shape index (κ1) is 15.3. The molecule has 0 atom stereocenters. The second-order valence-electron chi connectivity index (χ2n) is 5.96. The van der Waals surface area contributed by atoms with Crippen molar-refractivity contribution < 1.29 is 4.74 Å². The maximum absolute atomic E-state index is 12.5. The summed E-state index contributed by atoms with van der Waals surface area (Å²) in [5, 5.41) is 0.918. The molecule has 1 heterocycles. The van der Waals surface area contributed by atoms with Gasteiger partial charge in [-0.2, -0.15) is 4.98 Å². The Balaban J connectivity index is 2.39. The second-order valence-corrected chi connectivity index (χ2v) is 5.96. The summed E-state index contributed by atoms with van der Waals surface area (Å²) in [6, 6.07) is 13.8. The summed E-state index contributed by atoms with van der Waals surface area (Å²) in [7, 11) is 1.64. The van der Waals surface area contributed by atoms with Crippen LogP contribution in [0.5, 0.6) is 5.75 Å². The number of rotatable bonds is 3. The normalized spacial score (nSPS) is 11.2. The van der Waals surface area contributed by atoms with Crippen molar-refractivity contribution in [2.75, 3.05) is 7.11 Å². The third-order valence-electron chi connectivity index (χ3n) is 3.97. The van der Waals surface area contributed by atoms with Crippen molar-refractivity contribution in [3.63, 3.8) is 0 Å². The smallest absolute Gasteiger partial charge is 0.348 e. The first-order chi connectivity index (χ1) is 11.0. The number of hydrogen-bond donors (Lipinski definition) is 0.